The summed E-state index contributed by atoms with van der Waals surface area (Å²) in [7, 11) is 4.32. The molecule has 1 rings (SSSR count). The number of urea groups is 1. The molecular formula is C41H76N6O10. The first-order valence-electron chi connectivity index (χ1n) is 19.6. The molecule has 16 nitrogen and oxygen atoms in total. The lowest BCUT2D eigenvalue weighted by Crippen LogP contribution is -2.39. The number of benzene rings is 1. The second-order valence-electron chi connectivity index (χ2n) is 13.4. The summed E-state index contributed by atoms with van der Waals surface area (Å²) in [5.74, 6) is 0.618. The monoisotopic (exact) mass is 813 g/mol. The molecule has 0 bridgehead atoms. The molecule has 1 unspecified atom stereocenters. The summed E-state index contributed by atoms with van der Waals surface area (Å²) in [5.41, 5.74) is 7.73. The van der Waals surface area contributed by atoms with Gasteiger partial charge >= 0.3 is 6.03 Å². The average Bonchev–Trinajstić information content (AvgIpc) is 3.17. The predicted octanol–water partition coefficient (Wildman–Crippen LogP) is 3.10. The third-order valence-electron chi connectivity index (χ3n) is 7.33. The summed E-state index contributed by atoms with van der Waals surface area (Å²) in [6.45, 7) is 14.5. The highest BCUT2D eigenvalue weighted by Gasteiger charge is 2.17. The number of aliphatic hydroxyl groups is 3. The summed E-state index contributed by atoms with van der Waals surface area (Å²) in [5, 5.41) is 35.6. The minimum Gasteiger partial charge on any atom is -0.400 e. The van der Waals surface area contributed by atoms with Crippen LogP contribution in [-0.4, -0.2) is 123 Å². The summed E-state index contributed by atoms with van der Waals surface area (Å²) < 4.78 is 5.17. The van der Waals surface area contributed by atoms with E-state index in [-0.39, 0.29) is 56.5 Å². The normalized spacial score (nSPS) is 10.6. The number of nitrogens with two attached hydrogens (primary N) is 1. The van der Waals surface area contributed by atoms with Crippen LogP contribution in [0.1, 0.15) is 97.6 Å². The van der Waals surface area contributed by atoms with Crippen LogP contribution >= 0.6 is 0 Å². The SMILES string of the molecule is CC(C)CCO.CCC.CN(CCOCCC(=O)NCC=O)C(=O)/C=C\C=O.CNC(CCCNC(N)=O)C(=O)Nc1ccc(CO)c(CCCC(C)C)c1.CO. The molecule has 0 radical (unpaired) electrons. The van der Waals surface area contributed by atoms with Crippen molar-refractivity contribution in [3.05, 3.63) is 41.5 Å². The molecule has 1 aromatic carbocycles. The van der Waals surface area contributed by atoms with Crippen molar-refractivity contribution in [1.82, 2.24) is 20.9 Å². The van der Waals surface area contributed by atoms with E-state index in [0.717, 1.165) is 55.7 Å². The maximum absolute atomic E-state index is 12.5. The number of allylic oxidation sites excluding steroid dienone is 1. The van der Waals surface area contributed by atoms with Gasteiger partial charge in [0.1, 0.15) is 12.6 Å². The molecule has 0 fully saturated rings. The Morgan fingerprint density at radius 1 is 0.912 bits per heavy atom. The summed E-state index contributed by atoms with van der Waals surface area (Å²) >= 11 is 0. The molecular weight excluding hydrogens is 736 g/mol. The molecule has 0 saturated heterocycles. The van der Waals surface area contributed by atoms with Gasteiger partial charge in [-0.25, -0.2) is 4.79 Å². The fourth-order valence-corrected chi connectivity index (χ4v) is 4.27. The van der Waals surface area contributed by atoms with Gasteiger partial charge in [-0.3, -0.25) is 19.2 Å². The van der Waals surface area contributed by atoms with Crippen LogP contribution in [0.3, 0.4) is 0 Å². The average molecular weight is 813 g/mol. The van der Waals surface area contributed by atoms with Gasteiger partial charge in [-0.2, -0.15) is 0 Å². The van der Waals surface area contributed by atoms with E-state index >= 15 is 0 Å². The number of hydrogen-bond acceptors (Lipinski definition) is 11. The fraction of sp³-hybridized carbons (Fsp3) is 0.659. The zero-order valence-corrected chi connectivity index (χ0v) is 36.1. The Morgan fingerprint density at radius 2 is 1.54 bits per heavy atom. The zero-order valence-electron chi connectivity index (χ0n) is 36.1. The van der Waals surface area contributed by atoms with Crippen LogP contribution in [0.2, 0.25) is 0 Å². The molecule has 0 aliphatic rings. The lowest BCUT2D eigenvalue weighted by Gasteiger charge is -2.17. The number of rotatable bonds is 24. The lowest BCUT2D eigenvalue weighted by atomic mass is 9.98. The van der Waals surface area contributed by atoms with E-state index in [0.29, 0.717) is 56.9 Å². The van der Waals surface area contributed by atoms with Crippen molar-refractivity contribution in [2.45, 2.75) is 106 Å². The Balaban J connectivity index is -0.000000405. The zero-order chi connectivity index (χ0) is 44.4. The van der Waals surface area contributed by atoms with Crippen molar-refractivity contribution in [3.8, 4) is 0 Å². The quantitative estimate of drug-likeness (QED) is 0.0428. The van der Waals surface area contributed by atoms with Gasteiger partial charge in [0.15, 0.2) is 0 Å². The first-order chi connectivity index (χ1) is 27.2. The number of anilines is 1. The van der Waals surface area contributed by atoms with Crippen LogP contribution in [0.5, 0.6) is 0 Å². The summed E-state index contributed by atoms with van der Waals surface area (Å²) in [6.07, 6.45) is 10.0. The molecule has 0 aromatic heterocycles. The second-order valence-corrected chi connectivity index (χ2v) is 13.4. The Bertz CT molecular complexity index is 1210. The van der Waals surface area contributed by atoms with Crippen LogP contribution in [0, 0.1) is 11.8 Å². The smallest absolute Gasteiger partial charge is 0.312 e. The van der Waals surface area contributed by atoms with Gasteiger partial charge in [0.25, 0.3) is 0 Å². The number of carbonyl (C=O) groups is 6. The van der Waals surface area contributed by atoms with Gasteiger partial charge in [0.05, 0.1) is 32.4 Å². The molecule has 0 aliphatic carbocycles. The van der Waals surface area contributed by atoms with Gasteiger partial charge in [0, 0.05) is 52.0 Å². The Morgan fingerprint density at radius 3 is 2.04 bits per heavy atom. The van der Waals surface area contributed by atoms with E-state index in [2.05, 4.69) is 62.8 Å². The lowest BCUT2D eigenvalue weighted by molar-refractivity contribution is -0.126. The van der Waals surface area contributed by atoms with Crippen molar-refractivity contribution >= 4 is 42.0 Å². The van der Waals surface area contributed by atoms with E-state index < -0.39 is 6.03 Å². The first-order valence-corrected chi connectivity index (χ1v) is 19.6. The molecule has 5 amide bonds. The number of carbonyl (C=O) groups excluding carboxylic acids is 6. The number of aryl methyl sites for hydroxylation is 1. The molecule has 16 heteroatoms. The second kappa shape index (κ2) is 42.9. The molecule has 0 heterocycles. The third-order valence-corrected chi connectivity index (χ3v) is 7.33. The number of nitrogens with one attached hydrogen (secondary N) is 4. The standard InChI is InChI=1S/C20H34N4O3.C12H18N2O5.C5H12O.C3H8.CH4O/c1-14(2)6-4-7-15-12-17(10-9-16(15)13-25)24-19(26)18(22-3)8-5-11-23-20(21)27;1-14(12(18)3-2-7-15)6-10-19-9-4-11(17)13-5-8-16;1-5(2)3-4-6;1-3-2;1-2/h9-10,12,14,18,22,25H,4-8,11,13H2,1-3H3,(H,24,26)(H3,21,23,27);2-3,7-8H,4-6,9-10H2,1H3,(H,13,17);5-6H,3-4H2,1-2H3;3H2,1-2H3;2H,1H3/b;3-2-;;;. The van der Waals surface area contributed by atoms with Crippen LogP contribution in [-0.2, 0) is 41.7 Å². The van der Waals surface area contributed by atoms with E-state index in [9.17, 15) is 33.9 Å². The van der Waals surface area contributed by atoms with Crippen LogP contribution in [0.25, 0.3) is 0 Å². The van der Waals surface area contributed by atoms with Gasteiger partial charge in [0.2, 0.25) is 17.7 Å². The van der Waals surface area contributed by atoms with Gasteiger partial charge in [-0.05, 0) is 80.3 Å². The highest BCUT2D eigenvalue weighted by atomic mass is 16.5. The Labute approximate surface area is 341 Å². The Hall–Kier alpha value is -4.22. The van der Waals surface area contributed by atoms with Gasteiger partial charge in [-0.15, -0.1) is 0 Å². The molecule has 1 aromatic rings. The number of aldehydes is 2. The third kappa shape index (κ3) is 39.8. The van der Waals surface area contributed by atoms with E-state index in [1.165, 1.54) is 17.4 Å². The fourth-order valence-electron chi connectivity index (χ4n) is 4.27. The maximum atomic E-state index is 12.5. The van der Waals surface area contributed by atoms with Crippen LogP contribution < -0.4 is 27.0 Å². The highest BCUT2D eigenvalue weighted by molar-refractivity contribution is 5.95. The molecule has 0 spiro atoms. The minimum absolute atomic E-state index is 0.000853. The predicted molar refractivity (Wildman–Crippen MR) is 226 cm³/mol. The number of hydrogen-bond donors (Lipinski definition) is 8. The van der Waals surface area contributed by atoms with Crippen molar-refractivity contribution in [2.75, 3.05) is 66.0 Å². The molecule has 57 heavy (non-hydrogen) atoms. The van der Waals surface area contributed by atoms with Crippen molar-refractivity contribution < 1.29 is 48.8 Å². The minimum atomic E-state index is -0.561. The summed E-state index contributed by atoms with van der Waals surface area (Å²) in [6, 6.07) is 4.71. The number of primary amides is 1. The van der Waals surface area contributed by atoms with E-state index in [4.69, 9.17) is 20.7 Å². The van der Waals surface area contributed by atoms with E-state index in [1.54, 1.807) is 14.1 Å². The highest BCUT2D eigenvalue weighted by Crippen LogP contribution is 2.20. The van der Waals surface area contributed by atoms with E-state index in [1.807, 2.05) is 18.2 Å². The van der Waals surface area contributed by atoms with Crippen molar-refractivity contribution in [1.29, 1.82) is 0 Å². The number of ether oxygens (including phenoxy) is 1. The Kier molecular flexibility index (Phi) is 44.8. The van der Waals surface area contributed by atoms with Crippen LogP contribution in [0.4, 0.5) is 10.5 Å². The molecule has 330 valence electrons. The van der Waals surface area contributed by atoms with Gasteiger partial charge < -0.3 is 56.8 Å². The van der Waals surface area contributed by atoms with Crippen LogP contribution in [0.15, 0.2) is 30.4 Å². The topological polar surface area (TPSA) is 250 Å². The number of nitrogens with zero attached hydrogens (tertiary/aromatic N) is 1. The van der Waals surface area contributed by atoms with Crippen molar-refractivity contribution in [2.24, 2.45) is 17.6 Å². The molecule has 1 atom stereocenters. The maximum Gasteiger partial charge on any atom is 0.312 e. The first kappa shape index (κ1) is 59.5. The number of aliphatic hydroxyl groups excluding tert-OH is 3. The largest absolute Gasteiger partial charge is 0.400 e. The molecule has 0 aliphatic heterocycles. The number of amides is 5. The molecule has 0 saturated carbocycles. The number of likely N-dealkylation sites (N-methyl/N-ethyl adjacent to an activating group) is 2. The van der Waals surface area contributed by atoms with Gasteiger partial charge in [-0.1, -0.05) is 60.5 Å². The summed E-state index contributed by atoms with van der Waals surface area (Å²) in [4.78, 5) is 67.0. The van der Waals surface area contributed by atoms with Crippen molar-refractivity contribution in [3.63, 3.8) is 0 Å². The molecule has 9 N–H and O–H groups in total.